The highest BCUT2D eigenvalue weighted by Gasteiger charge is 1.97. The van der Waals surface area contributed by atoms with E-state index in [1.165, 1.54) is 5.56 Å². The van der Waals surface area contributed by atoms with Crippen LogP contribution in [0.5, 0.6) is 5.88 Å². The van der Waals surface area contributed by atoms with Gasteiger partial charge in [0.15, 0.2) is 0 Å². The molecule has 0 aliphatic carbocycles. The molecule has 0 saturated heterocycles. The minimum Gasteiger partial charge on any atom is -0.478 e. The fraction of sp³-hybridized carbons (Fsp3) is 0.267. The zero-order chi connectivity index (χ0) is 12.8. The lowest BCUT2D eigenvalue weighted by molar-refractivity contribution is 0.299. The molecule has 0 bridgehead atoms. The maximum Gasteiger partial charge on any atom is 0.213 e. The first-order valence-corrected chi connectivity index (χ1v) is 6.43. The Morgan fingerprint density at radius 3 is 2.78 bits per heavy atom. The van der Waals surface area contributed by atoms with Gasteiger partial charge < -0.3 is 4.74 Å². The van der Waals surface area contributed by atoms with Crippen LogP contribution in [-0.4, -0.2) is 11.6 Å². The predicted molar refractivity (Wildman–Crippen MR) is 74.2 cm³/mol. The molecule has 18 heavy (non-hydrogen) atoms. The summed E-state index contributed by atoms with van der Waals surface area (Å²) in [7, 11) is 0. The fourth-order valence-electron chi connectivity index (χ4n) is 1.74. The summed E-state index contributed by atoms with van der Waals surface area (Å²) in [5.74, 6) is 0.695. The SMILES string of the molecule is Cc1cccc(OCCCc2cccc(Cl)c2)n1. The van der Waals surface area contributed by atoms with E-state index in [9.17, 15) is 0 Å². The van der Waals surface area contributed by atoms with Crippen molar-refractivity contribution in [2.24, 2.45) is 0 Å². The van der Waals surface area contributed by atoms with Crippen LogP contribution < -0.4 is 4.74 Å². The van der Waals surface area contributed by atoms with Gasteiger partial charge in [-0.05, 0) is 43.5 Å². The van der Waals surface area contributed by atoms with Crippen LogP contribution in [0.25, 0.3) is 0 Å². The van der Waals surface area contributed by atoms with Gasteiger partial charge in [-0.15, -0.1) is 0 Å². The summed E-state index contributed by atoms with van der Waals surface area (Å²) in [6.07, 6.45) is 1.92. The Hall–Kier alpha value is -1.54. The normalized spacial score (nSPS) is 10.3. The van der Waals surface area contributed by atoms with Crippen molar-refractivity contribution in [3.8, 4) is 5.88 Å². The van der Waals surface area contributed by atoms with Crippen LogP contribution >= 0.6 is 11.6 Å². The highest BCUT2D eigenvalue weighted by atomic mass is 35.5. The molecular formula is C15H16ClNO. The Morgan fingerprint density at radius 2 is 2.00 bits per heavy atom. The molecule has 0 radical (unpaired) electrons. The van der Waals surface area contributed by atoms with Crippen molar-refractivity contribution in [1.82, 2.24) is 4.98 Å². The van der Waals surface area contributed by atoms with Gasteiger partial charge in [0.25, 0.3) is 0 Å². The zero-order valence-electron chi connectivity index (χ0n) is 10.4. The molecule has 0 aliphatic rings. The number of benzene rings is 1. The summed E-state index contributed by atoms with van der Waals surface area (Å²) < 4.78 is 5.59. The Balaban J connectivity index is 1.76. The molecule has 2 rings (SSSR count). The molecule has 0 atom stereocenters. The van der Waals surface area contributed by atoms with Gasteiger partial charge in [-0.2, -0.15) is 0 Å². The second-order valence-corrected chi connectivity index (χ2v) is 4.64. The summed E-state index contributed by atoms with van der Waals surface area (Å²) in [6, 6.07) is 13.7. The monoisotopic (exact) mass is 261 g/mol. The standard InChI is InChI=1S/C15H16ClNO/c1-12-5-2-9-15(17-12)18-10-4-7-13-6-3-8-14(16)11-13/h2-3,5-6,8-9,11H,4,7,10H2,1H3. The summed E-state index contributed by atoms with van der Waals surface area (Å²) in [4.78, 5) is 4.29. The van der Waals surface area contributed by atoms with Gasteiger partial charge in [-0.1, -0.05) is 29.8 Å². The molecule has 0 amide bonds. The topological polar surface area (TPSA) is 22.1 Å². The van der Waals surface area contributed by atoms with Crippen molar-refractivity contribution in [2.45, 2.75) is 19.8 Å². The van der Waals surface area contributed by atoms with E-state index in [0.717, 1.165) is 23.6 Å². The van der Waals surface area contributed by atoms with Crippen LogP contribution in [0, 0.1) is 6.92 Å². The van der Waals surface area contributed by atoms with Gasteiger partial charge in [0, 0.05) is 16.8 Å². The third-order valence-corrected chi connectivity index (χ3v) is 2.85. The number of pyridine rings is 1. The van der Waals surface area contributed by atoms with Gasteiger partial charge >= 0.3 is 0 Å². The van der Waals surface area contributed by atoms with E-state index in [0.29, 0.717) is 12.5 Å². The van der Waals surface area contributed by atoms with E-state index in [1.807, 2.05) is 43.3 Å². The highest BCUT2D eigenvalue weighted by molar-refractivity contribution is 6.30. The predicted octanol–water partition coefficient (Wildman–Crippen LogP) is 4.06. The number of rotatable bonds is 5. The Bertz CT molecular complexity index is 466. The number of nitrogens with zero attached hydrogens (tertiary/aromatic N) is 1. The average molecular weight is 262 g/mol. The molecule has 2 nitrogen and oxygen atoms in total. The van der Waals surface area contributed by atoms with E-state index in [1.54, 1.807) is 0 Å². The van der Waals surface area contributed by atoms with Crippen molar-refractivity contribution in [2.75, 3.05) is 6.61 Å². The lowest BCUT2D eigenvalue weighted by Crippen LogP contribution is -2.01. The first-order chi connectivity index (χ1) is 8.74. The van der Waals surface area contributed by atoms with Crippen LogP contribution in [0.3, 0.4) is 0 Å². The van der Waals surface area contributed by atoms with E-state index < -0.39 is 0 Å². The van der Waals surface area contributed by atoms with Crippen molar-refractivity contribution in [3.63, 3.8) is 0 Å². The third kappa shape index (κ3) is 4.04. The first kappa shape index (κ1) is 12.9. The van der Waals surface area contributed by atoms with Crippen LogP contribution in [0.2, 0.25) is 5.02 Å². The smallest absolute Gasteiger partial charge is 0.213 e. The van der Waals surface area contributed by atoms with Crippen molar-refractivity contribution < 1.29 is 4.74 Å². The number of halogens is 1. The average Bonchev–Trinajstić information content (AvgIpc) is 2.35. The molecule has 0 N–H and O–H groups in total. The molecule has 0 unspecified atom stereocenters. The summed E-state index contributed by atoms with van der Waals surface area (Å²) in [5.41, 5.74) is 2.21. The van der Waals surface area contributed by atoms with E-state index in [2.05, 4.69) is 11.1 Å². The maximum atomic E-state index is 5.93. The molecular weight excluding hydrogens is 246 g/mol. The summed E-state index contributed by atoms with van der Waals surface area (Å²) in [6.45, 7) is 2.63. The fourth-order valence-corrected chi connectivity index (χ4v) is 1.96. The van der Waals surface area contributed by atoms with Crippen LogP contribution in [0.1, 0.15) is 17.7 Å². The second kappa shape index (κ2) is 6.41. The van der Waals surface area contributed by atoms with Crippen LogP contribution in [0.4, 0.5) is 0 Å². The van der Waals surface area contributed by atoms with Gasteiger partial charge in [0.1, 0.15) is 0 Å². The molecule has 1 aromatic heterocycles. The van der Waals surface area contributed by atoms with Crippen molar-refractivity contribution >= 4 is 11.6 Å². The Kier molecular flexibility index (Phi) is 4.59. The lowest BCUT2D eigenvalue weighted by atomic mass is 10.1. The zero-order valence-corrected chi connectivity index (χ0v) is 11.2. The number of aryl methyl sites for hydroxylation is 2. The summed E-state index contributed by atoms with van der Waals surface area (Å²) in [5, 5.41) is 0.786. The number of aromatic nitrogens is 1. The first-order valence-electron chi connectivity index (χ1n) is 6.05. The lowest BCUT2D eigenvalue weighted by Gasteiger charge is -2.06. The quantitative estimate of drug-likeness (QED) is 0.758. The molecule has 0 fully saturated rings. The Morgan fingerprint density at radius 1 is 1.17 bits per heavy atom. The van der Waals surface area contributed by atoms with Crippen LogP contribution in [0.15, 0.2) is 42.5 Å². The molecule has 2 aromatic rings. The van der Waals surface area contributed by atoms with E-state index in [-0.39, 0.29) is 0 Å². The largest absolute Gasteiger partial charge is 0.478 e. The number of ether oxygens (including phenoxy) is 1. The third-order valence-electron chi connectivity index (χ3n) is 2.61. The number of hydrogen-bond acceptors (Lipinski definition) is 2. The van der Waals surface area contributed by atoms with Gasteiger partial charge in [-0.25, -0.2) is 4.98 Å². The van der Waals surface area contributed by atoms with E-state index >= 15 is 0 Å². The molecule has 1 heterocycles. The highest BCUT2D eigenvalue weighted by Crippen LogP contribution is 2.13. The van der Waals surface area contributed by atoms with Gasteiger partial charge in [-0.3, -0.25) is 0 Å². The van der Waals surface area contributed by atoms with Crippen LogP contribution in [-0.2, 0) is 6.42 Å². The minimum atomic E-state index is 0.670. The maximum absolute atomic E-state index is 5.93. The molecule has 0 saturated carbocycles. The molecule has 94 valence electrons. The molecule has 0 spiro atoms. The Labute approximate surface area is 113 Å². The van der Waals surface area contributed by atoms with Crippen molar-refractivity contribution in [3.05, 3.63) is 58.7 Å². The summed E-state index contributed by atoms with van der Waals surface area (Å²) >= 11 is 5.93. The minimum absolute atomic E-state index is 0.670. The molecule has 1 aromatic carbocycles. The van der Waals surface area contributed by atoms with Gasteiger partial charge in [0.05, 0.1) is 6.61 Å². The molecule has 0 aliphatic heterocycles. The van der Waals surface area contributed by atoms with Crippen molar-refractivity contribution in [1.29, 1.82) is 0 Å². The second-order valence-electron chi connectivity index (χ2n) is 4.20. The van der Waals surface area contributed by atoms with E-state index in [4.69, 9.17) is 16.3 Å². The van der Waals surface area contributed by atoms with Gasteiger partial charge in [0.2, 0.25) is 5.88 Å². The number of hydrogen-bond donors (Lipinski definition) is 0. The molecule has 3 heteroatoms.